The van der Waals surface area contributed by atoms with Crippen molar-refractivity contribution in [3.05, 3.63) is 27.8 Å². The Hall–Kier alpha value is -0.870. The van der Waals surface area contributed by atoms with Crippen LogP contribution in [-0.4, -0.2) is 13.0 Å². The summed E-state index contributed by atoms with van der Waals surface area (Å²) in [6.45, 7) is 9.98. The third-order valence-corrected chi connectivity index (χ3v) is 6.86. The molecule has 0 saturated carbocycles. The molecule has 4 heteroatoms. The molecule has 1 rings (SSSR count). The van der Waals surface area contributed by atoms with Crippen LogP contribution in [0.15, 0.2) is 4.90 Å². The van der Waals surface area contributed by atoms with Crippen molar-refractivity contribution < 1.29 is 13.0 Å². The van der Waals surface area contributed by atoms with Gasteiger partial charge in [0.2, 0.25) is 0 Å². The van der Waals surface area contributed by atoms with Gasteiger partial charge in [0.15, 0.2) is 0 Å². The minimum Gasteiger partial charge on any atom is -0.282 e. The van der Waals surface area contributed by atoms with E-state index in [0.29, 0.717) is 5.56 Å². The van der Waals surface area contributed by atoms with Crippen molar-refractivity contribution in [2.45, 2.75) is 110 Å². The van der Waals surface area contributed by atoms with Gasteiger partial charge in [0.1, 0.15) is 4.90 Å². The van der Waals surface area contributed by atoms with Gasteiger partial charge in [-0.2, -0.15) is 8.42 Å². The first-order valence-electron chi connectivity index (χ1n) is 10.3. The summed E-state index contributed by atoms with van der Waals surface area (Å²) in [5.41, 5.74) is 4.61. The minimum absolute atomic E-state index is 0.147. The lowest BCUT2D eigenvalue weighted by atomic mass is 9.91. The maximum Gasteiger partial charge on any atom is 0.295 e. The van der Waals surface area contributed by atoms with Gasteiger partial charge >= 0.3 is 0 Å². The molecule has 0 aromatic heterocycles. The SMILES string of the molecule is CCCCCCCCCCCCc1c(C)c(C)c(C)c(C)c1S(=O)(=O)O. The van der Waals surface area contributed by atoms with Crippen LogP contribution in [0.5, 0.6) is 0 Å². The van der Waals surface area contributed by atoms with Gasteiger partial charge in [0, 0.05) is 0 Å². The highest BCUT2D eigenvalue weighted by molar-refractivity contribution is 7.86. The van der Waals surface area contributed by atoms with Gasteiger partial charge in [-0.15, -0.1) is 0 Å². The highest BCUT2D eigenvalue weighted by Gasteiger charge is 2.23. The molecule has 0 heterocycles. The molecule has 0 saturated heterocycles. The van der Waals surface area contributed by atoms with Crippen molar-refractivity contribution in [2.24, 2.45) is 0 Å². The zero-order valence-corrected chi connectivity index (χ0v) is 18.3. The van der Waals surface area contributed by atoms with E-state index in [0.717, 1.165) is 41.5 Å². The van der Waals surface area contributed by atoms with Crippen molar-refractivity contribution in [1.82, 2.24) is 0 Å². The second kappa shape index (κ2) is 11.1. The van der Waals surface area contributed by atoms with Crippen LogP contribution in [0.25, 0.3) is 0 Å². The molecule has 0 atom stereocenters. The highest BCUT2D eigenvalue weighted by atomic mass is 32.2. The number of rotatable bonds is 12. The average Bonchev–Trinajstić information content (AvgIpc) is 2.57. The van der Waals surface area contributed by atoms with E-state index in [9.17, 15) is 13.0 Å². The second-order valence-corrected chi connectivity index (χ2v) is 9.07. The molecule has 0 spiro atoms. The van der Waals surface area contributed by atoms with Crippen LogP contribution in [0.1, 0.15) is 98.9 Å². The third-order valence-electron chi connectivity index (χ3n) is 5.79. The van der Waals surface area contributed by atoms with Gasteiger partial charge in [0.05, 0.1) is 0 Å². The van der Waals surface area contributed by atoms with Crippen LogP contribution >= 0.6 is 0 Å². The second-order valence-electron chi connectivity index (χ2n) is 7.71. The summed E-state index contributed by atoms with van der Waals surface area (Å²) in [4.78, 5) is 0.147. The van der Waals surface area contributed by atoms with E-state index in [1.165, 1.54) is 51.4 Å². The Morgan fingerprint density at radius 1 is 0.654 bits per heavy atom. The molecule has 0 aliphatic carbocycles. The summed E-state index contributed by atoms with van der Waals surface area (Å²) in [5.74, 6) is 0. The van der Waals surface area contributed by atoms with E-state index in [4.69, 9.17) is 0 Å². The predicted molar refractivity (Wildman–Crippen MR) is 111 cm³/mol. The molecule has 0 fully saturated rings. The summed E-state index contributed by atoms with van der Waals surface area (Å²) in [6.07, 6.45) is 13.3. The average molecular weight is 383 g/mol. The first-order chi connectivity index (χ1) is 12.2. The van der Waals surface area contributed by atoms with E-state index in [1.807, 2.05) is 20.8 Å². The van der Waals surface area contributed by atoms with Crippen LogP contribution in [0.4, 0.5) is 0 Å². The summed E-state index contributed by atoms with van der Waals surface area (Å²) in [5, 5.41) is 0. The summed E-state index contributed by atoms with van der Waals surface area (Å²) >= 11 is 0. The van der Waals surface area contributed by atoms with Crippen molar-refractivity contribution in [2.75, 3.05) is 0 Å². The van der Waals surface area contributed by atoms with Gasteiger partial charge in [0.25, 0.3) is 10.1 Å². The van der Waals surface area contributed by atoms with Crippen LogP contribution in [0.2, 0.25) is 0 Å². The van der Waals surface area contributed by atoms with Crippen LogP contribution in [-0.2, 0) is 16.5 Å². The maximum atomic E-state index is 11.9. The molecule has 0 aliphatic rings. The van der Waals surface area contributed by atoms with Crippen LogP contribution < -0.4 is 0 Å². The monoisotopic (exact) mass is 382 g/mol. The Balaban J connectivity index is 2.58. The first kappa shape index (κ1) is 23.2. The van der Waals surface area contributed by atoms with E-state index in [1.54, 1.807) is 6.92 Å². The molecule has 1 N–H and O–H groups in total. The highest BCUT2D eigenvalue weighted by Crippen LogP contribution is 2.31. The predicted octanol–water partition coefficient (Wildman–Crippen LogP) is 6.63. The summed E-state index contributed by atoms with van der Waals surface area (Å²) in [7, 11) is -4.19. The fourth-order valence-corrected chi connectivity index (χ4v) is 4.90. The van der Waals surface area contributed by atoms with Gasteiger partial charge in [-0.05, 0) is 68.4 Å². The molecular formula is C22H38O3S. The van der Waals surface area contributed by atoms with E-state index in [2.05, 4.69) is 6.92 Å². The lowest BCUT2D eigenvalue weighted by Gasteiger charge is -2.19. The molecule has 150 valence electrons. The lowest BCUT2D eigenvalue weighted by Crippen LogP contribution is -2.11. The Kier molecular flexibility index (Phi) is 9.88. The fraction of sp³-hybridized carbons (Fsp3) is 0.727. The lowest BCUT2D eigenvalue weighted by molar-refractivity contribution is 0.480. The number of hydrogen-bond acceptors (Lipinski definition) is 2. The largest absolute Gasteiger partial charge is 0.295 e. The van der Waals surface area contributed by atoms with Gasteiger partial charge in [-0.25, -0.2) is 0 Å². The molecule has 3 nitrogen and oxygen atoms in total. The van der Waals surface area contributed by atoms with Gasteiger partial charge in [-0.1, -0.05) is 64.7 Å². The topological polar surface area (TPSA) is 54.4 Å². The molecule has 1 aromatic rings. The normalized spacial score (nSPS) is 11.9. The maximum absolute atomic E-state index is 11.9. The number of hydrogen-bond donors (Lipinski definition) is 1. The summed E-state index contributed by atoms with van der Waals surface area (Å²) < 4.78 is 33.6. The Bertz CT molecular complexity index is 675. The quantitative estimate of drug-likeness (QED) is 0.326. The fourth-order valence-electron chi connectivity index (χ4n) is 3.80. The Morgan fingerprint density at radius 3 is 1.54 bits per heavy atom. The molecule has 0 aliphatic heterocycles. The molecule has 0 amide bonds. The van der Waals surface area contributed by atoms with E-state index < -0.39 is 10.1 Å². The number of benzene rings is 1. The van der Waals surface area contributed by atoms with Crippen molar-refractivity contribution in [3.63, 3.8) is 0 Å². The molecule has 26 heavy (non-hydrogen) atoms. The molecule has 0 radical (unpaired) electrons. The Morgan fingerprint density at radius 2 is 1.08 bits per heavy atom. The van der Waals surface area contributed by atoms with Gasteiger partial charge in [-0.3, -0.25) is 4.55 Å². The molecular weight excluding hydrogens is 344 g/mol. The van der Waals surface area contributed by atoms with Crippen molar-refractivity contribution in [1.29, 1.82) is 0 Å². The smallest absolute Gasteiger partial charge is 0.282 e. The van der Waals surface area contributed by atoms with E-state index in [-0.39, 0.29) is 4.90 Å². The molecule has 0 bridgehead atoms. The summed E-state index contributed by atoms with van der Waals surface area (Å²) in [6, 6.07) is 0. The number of unbranched alkanes of at least 4 members (excludes halogenated alkanes) is 9. The Labute approximate surface area is 161 Å². The van der Waals surface area contributed by atoms with Gasteiger partial charge < -0.3 is 0 Å². The van der Waals surface area contributed by atoms with Crippen molar-refractivity contribution >= 4 is 10.1 Å². The van der Waals surface area contributed by atoms with Crippen LogP contribution in [0.3, 0.4) is 0 Å². The van der Waals surface area contributed by atoms with E-state index >= 15 is 0 Å². The molecule has 0 unspecified atom stereocenters. The standard InChI is InChI=1S/C22H38O3S/c1-6-7-8-9-10-11-12-13-14-15-16-21-19(4)17(2)18(3)20(5)22(21)26(23,24)25/h6-16H2,1-5H3,(H,23,24,25). The zero-order valence-electron chi connectivity index (χ0n) is 17.5. The first-order valence-corrected chi connectivity index (χ1v) is 11.7. The van der Waals surface area contributed by atoms with Crippen molar-refractivity contribution in [3.8, 4) is 0 Å². The third kappa shape index (κ3) is 6.70. The molecule has 1 aromatic carbocycles. The zero-order chi connectivity index (χ0) is 19.7. The minimum atomic E-state index is -4.19. The van der Waals surface area contributed by atoms with Crippen LogP contribution in [0, 0.1) is 27.7 Å².